The van der Waals surface area contributed by atoms with Crippen LogP contribution in [-0.4, -0.2) is 25.6 Å². The van der Waals surface area contributed by atoms with Crippen molar-refractivity contribution >= 4 is 33.2 Å². The van der Waals surface area contributed by atoms with Crippen LogP contribution in [0.1, 0.15) is 12.0 Å². The van der Waals surface area contributed by atoms with Crippen molar-refractivity contribution in [3.63, 3.8) is 0 Å². The Bertz CT molecular complexity index is 401. The largest absolute Gasteiger partial charge is 0.416 e. The molecular weight excluding hydrogens is 346 g/mol. The zero-order valence-electron chi connectivity index (χ0n) is 10.1. The fourth-order valence-electron chi connectivity index (χ4n) is 1.39. The van der Waals surface area contributed by atoms with Crippen LogP contribution in [0.5, 0.6) is 0 Å². The molecule has 19 heavy (non-hydrogen) atoms. The van der Waals surface area contributed by atoms with E-state index < -0.39 is 11.7 Å². The van der Waals surface area contributed by atoms with Crippen molar-refractivity contribution in [1.82, 2.24) is 0 Å². The van der Waals surface area contributed by atoms with Crippen LogP contribution in [0, 0.1) is 0 Å². The summed E-state index contributed by atoms with van der Waals surface area (Å²) in [5.74, 6) is 0.456. The van der Waals surface area contributed by atoms with Crippen molar-refractivity contribution in [2.75, 3.05) is 31.0 Å². The number of hydrogen-bond donors (Lipinski definition) is 1. The van der Waals surface area contributed by atoms with Crippen molar-refractivity contribution in [3.05, 3.63) is 28.2 Å². The molecule has 0 aliphatic heterocycles. The summed E-state index contributed by atoms with van der Waals surface area (Å²) < 4.78 is 42.9. The van der Waals surface area contributed by atoms with Crippen LogP contribution in [-0.2, 0) is 10.9 Å². The van der Waals surface area contributed by atoms with Crippen LogP contribution in [0.15, 0.2) is 22.7 Å². The molecule has 0 aliphatic carbocycles. The van der Waals surface area contributed by atoms with Gasteiger partial charge in [-0.2, -0.15) is 13.2 Å². The summed E-state index contributed by atoms with van der Waals surface area (Å²) in [5.41, 5.74) is -0.0410. The Labute approximate surface area is 123 Å². The lowest BCUT2D eigenvalue weighted by Gasteiger charge is -2.12. The van der Waals surface area contributed by atoms with E-state index in [9.17, 15) is 13.2 Å². The molecule has 1 aromatic carbocycles. The van der Waals surface area contributed by atoms with Crippen molar-refractivity contribution in [1.29, 1.82) is 0 Å². The predicted molar refractivity (Wildman–Crippen MR) is 73.8 cm³/mol. The number of ether oxygens (including phenoxy) is 1. The third-order valence-corrected chi connectivity index (χ3v) is 3.11. The van der Waals surface area contributed by atoms with Crippen LogP contribution in [0.3, 0.4) is 0 Å². The summed E-state index contributed by atoms with van der Waals surface area (Å²) in [4.78, 5) is 0. The van der Waals surface area contributed by atoms with Gasteiger partial charge in [-0.1, -0.05) is 0 Å². The van der Waals surface area contributed by atoms with Gasteiger partial charge in [0.25, 0.3) is 0 Å². The highest BCUT2D eigenvalue weighted by molar-refractivity contribution is 9.10. The molecule has 1 N–H and O–H groups in total. The van der Waals surface area contributed by atoms with E-state index >= 15 is 0 Å². The van der Waals surface area contributed by atoms with Crippen LogP contribution < -0.4 is 5.32 Å². The molecular formula is C12H14BrClF3NO. The first-order valence-corrected chi connectivity index (χ1v) is 7.02. The van der Waals surface area contributed by atoms with E-state index in [4.69, 9.17) is 16.3 Å². The number of hydrogen-bond acceptors (Lipinski definition) is 2. The predicted octanol–water partition coefficient (Wildman–Crippen LogP) is 4.53. The minimum absolute atomic E-state index is 0.393. The SMILES string of the molecule is FC(F)(F)c1ccc(NCCCOCCCl)c(Br)c1. The summed E-state index contributed by atoms with van der Waals surface area (Å²) >= 11 is 8.57. The first-order chi connectivity index (χ1) is 8.95. The van der Waals surface area contributed by atoms with E-state index in [1.54, 1.807) is 0 Å². The highest BCUT2D eigenvalue weighted by Crippen LogP contribution is 2.33. The van der Waals surface area contributed by atoms with Gasteiger partial charge in [-0.25, -0.2) is 0 Å². The molecule has 0 bridgehead atoms. The molecule has 0 saturated heterocycles. The second-order valence-electron chi connectivity index (χ2n) is 3.77. The van der Waals surface area contributed by atoms with Gasteiger partial charge in [0.2, 0.25) is 0 Å². The van der Waals surface area contributed by atoms with Gasteiger partial charge in [-0.3, -0.25) is 0 Å². The first-order valence-electron chi connectivity index (χ1n) is 5.69. The van der Waals surface area contributed by atoms with Crippen molar-refractivity contribution in [2.45, 2.75) is 12.6 Å². The number of halogens is 5. The van der Waals surface area contributed by atoms with E-state index in [0.717, 1.165) is 18.6 Å². The summed E-state index contributed by atoms with van der Waals surface area (Å²) in [6.45, 7) is 1.69. The Morgan fingerprint density at radius 2 is 2.00 bits per heavy atom. The highest BCUT2D eigenvalue weighted by Gasteiger charge is 2.30. The molecule has 0 amide bonds. The van der Waals surface area contributed by atoms with Crippen LogP contribution >= 0.6 is 27.5 Å². The Kier molecular flexibility index (Phi) is 6.96. The minimum atomic E-state index is -4.32. The van der Waals surface area contributed by atoms with Crippen LogP contribution in [0.2, 0.25) is 0 Å². The molecule has 1 rings (SSSR count). The Morgan fingerprint density at radius 1 is 1.26 bits per heavy atom. The van der Waals surface area contributed by atoms with E-state index in [0.29, 0.717) is 35.8 Å². The molecule has 0 spiro atoms. The molecule has 2 nitrogen and oxygen atoms in total. The minimum Gasteiger partial charge on any atom is -0.384 e. The standard InChI is InChI=1S/C12H14BrClF3NO/c13-10-8-9(12(15,16)17)2-3-11(10)18-5-1-6-19-7-4-14/h2-3,8,18H,1,4-7H2. The van der Waals surface area contributed by atoms with Crippen molar-refractivity contribution < 1.29 is 17.9 Å². The molecule has 0 saturated carbocycles. The van der Waals surface area contributed by atoms with Crippen LogP contribution in [0.4, 0.5) is 18.9 Å². The fraction of sp³-hybridized carbons (Fsp3) is 0.500. The van der Waals surface area contributed by atoms with E-state index in [1.165, 1.54) is 6.07 Å². The number of nitrogens with one attached hydrogen (secondary N) is 1. The average molecular weight is 361 g/mol. The van der Waals surface area contributed by atoms with Crippen molar-refractivity contribution in [3.8, 4) is 0 Å². The zero-order chi connectivity index (χ0) is 14.3. The van der Waals surface area contributed by atoms with Gasteiger partial charge in [0.05, 0.1) is 12.2 Å². The van der Waals surface area contributed by atoms with Gasteiger partial charge in [0.1, 0.15) is 0 Å². The second kappa shape index (κ2) is 7.97. The maximum absolute atomic E-state index is 12.5. The highest BCUT2D eigenvalue weighted by atomic mass is 79.9. The molecule has 0 unspecified atom stereocenters. The lowest BCUT2D eigenvalue weighted by atomic mass is 10.2. The first kappa shape index (κ1) is 16.6. The van der Waals surface area contributed by atoms with Crippen molar-refractivity contribution in [2.24, 2.45) is 0 Å². The number of rotatable bonds is 7. The summed E-state index contributed by atoms with van der Waals surface area (Å²) in [7, 11) is 0. The van der Waals surface area contributed by atoms with E-state index in [1.807, 2.05) is 0 Å². The van der Waals surface area contributed by atoms with Gasteiger partial charge in [0.15, 0.2) is 0 Å². The normalized spacial score (nSPS) is 11.6. The Hall–Kier alpha value is -0.460. The van der Waals surface area contributed by atoms with E-state index in [-0.39, 0.29) is 0 Å². The maximum atomic E-state index is 12.5. The average Bonchev–Trinajstić information content (AvgIpc) is 2.34. The molecule has 0 radical (unpaired) electrons. The third-order valence-electron chi connectivity index (χ3n) is 2.30. The zero-order valence-corrected chi connectivity index (χ0v) is 12.4. The van der Waals surface area contributed by atoms with Gasteiger partial charge < -0.3 is 10.1 Å². The topological polar surface area (TPSA) is 21.3 Å². The monoisotopic (exact) mass is 359 g/mol. The summed E-state index contributed by atoms with van der Waals surface area (Å²) in [6, 6.07) is 3.52. The van der Waals surface area contributed by atoms with Gasteiger partial charge in [-0.05, 0) is 40.5 Å². The molecule has 0 heterocycles. The molecule has 7 heteroatoms. The van der Waals surface area contributed by atoms with Gasteiger partial charge >= 0.3 is 6.18 Å². The number of anilines is 1. The summed E-state index contributed by atoms with van der Waals surface area (Å²) in [6.07, 6.45) is -3.57. The molecule has 0 aliphatic rings. The van der Waals surface area contributed by atoms with E-state index in [2.05, 4.69) is 21.2 Å². The maximum Gasteiger partial charge on any atom is 0.416 e. The Balaban J connectivity index is 2.43. The molecule has 1 aromatic rings. The van der Waals surface area contributed by atoms with Gasteiger partial charge in [0, 0.05) is 29.2 Å². The quantitative estimate of drug-likeness (QED) is 0.570. The summed E-state index contributed by atoms with van der Waals surface area (Å²) in [5, 5.41) is 3.04. The van der Waals surface area contributed by atoms with Crippen LogP contribution in [0.25, 0.3) is 0 Å². The molecule has 0 atom stereocenters. The lowest BCUT2D eigenvalue weighted by Crippen LogP contribution is -2.08. The molecule has 0 fully saturated rings. The fourth-order valence-corrected chi connectivity index (χ4v) is 2.02. The number of alkyl halides is 4. The lowest BCUT2D eigenvalue weighted by molar-refractivity contribution is -0.137. The second-order valence-corrected chi connectivity index (χ2v) is 5.01. The molecule has 108 valence electrons. The van der Waals surface area contributed by atoms with Gasteiger partial charge in [-0.15, -0.1) is 11.6 Å². The Morgan fingerprint density at radius 3 is 2.58 bits per heavy atom. The smallest absolute Gasteiger partial charge is 0.384 e. The number of benzene rings is 1. The third kappa shape index (κ3) is 6.01. The molecule has 0 aromatic heterocycles.